The Bertz CT molecular complexity index is 742. The van der Waals surface area contributed by atoms with E-state index in [-0.39, 0.29) is 6.42 Å². The van der Waals surface area contributed by atoms with Crippen molar-refractivity contribution in [3.05, 3.63) is 12.2 Å². The summed E-state index contributed by atoms with van der Waals surface area (Å²) in [6.07, 6.45) is 29.6. The molecule has 0 radical (unpaired) electrons. The van der Waals surface area contributed by atoms with Gasteiger partial charge in [-0.15, -0.1) is 0 Å². The molecule has 0 bridgehead atoms. The van der Waals surface area contributed by atoms with Gasteiger partial charge >= 0.3 is 0 Å². The van der Waals surface area contributed by atoms with Crippen molar-refractivity contribution >= 4 is 16.0 Å². The van der Waals surface area contributed by atoms with Crippen molar-refractivity contribution < 1.29 is 28.0 Å². The van der Waals surface area contributed by atoms with Gasteiger partial charge in [-0.3, -0.25) is 9.35 Å². The molecule has 8 heteroatoms. The number of carbonyl (C=O) groups is 1. The van der Waals surface area contributed by atoms with Crippen LogP contribution in [-0.4, -0.2) is 53.1 Å². The van der Waals surface area contributed by atoms with Crippen molar-refractivity contribution in [3.63, 3.8) is 0 Å². The van der Waals surface area contributed by atoms with Gasteiger partial charge in [0.15, 0.2) is 0 Å². The van der Waals surface area contributed by atoms with Crippen molar-refractivity contribution in [2.45, 2.75) is 193 Å². The van der Waals surface area contributed by atoms with E-state index in [9.17, 15) is 28.0 Å². The molecule has 3 unspecified atom stereocenters. The summed E-state index contributed by atoms with van der Waals surface area (Å²) < 4.78 is 32.3. The molecule has 0 spiro atoms. The molecule has 0 aromatic rings. The molecule has 7 nitrogen and oxygen atoms in total. The summed E-state index contributed by atoms with van der Waals surface area (Å²) in [7, 11) is -4.40. The predicted molar refractivity (Wildman–Crippen MR) is 176 cm³/mol. The topological polar surface area (TPSA) is 124 Å². The molecule has 0 aliphatic heterocycles. The third-order valence-electron chi connectivity index (χ3n) is 8.08. The van der Waals surface area contributed by atoms with E-state index < -0.39 is 40.0 Å². The summed E-state index contributed by atoms with van der Waals surface area (Å²) in [6, 6.07) is -1.14. The van der Waals surface area contributed by atoms with Crippen LogP contribution in [0.25, 0.3) is 0 Å². The minimum atomic E-state index is -4.40. The van der Waals surface area contributed by atoms with E-state index in [1.54, 1.807) is 0 Å². The molecule has 0 aromatic carbocycles. The molecule has 0 aliphatic rings. The average Bonchev–Trinajstić information content (AvgIpc) is 2.94. The molecular weight excluding hydrogens is 550 g/mol. The van der Waals surface area contributed by atoms with E-state index in [1.807, 2.05) is 0 Å². The van der Waals surface area contributed by atoms with Crippen LogP contribution >= 0.6 is 0 Å². The lowest BCUT2D eigenvalue weighted by Crippen LogP contribution is -2.50. The lowest BCUT2D eigenvalue weighted by atomic mass is 10.0. The second-order valence-electron chi connectivity index (χ2n) is 12.3. The number of allylic oxidation sites excluding steroid dienone is 2. The molecule has 4 N–H and O–H groups in total. The molecule has 0 rings (SSSR count). The monoisotopic (exact) mass is 617 g/mol. The van der Waals surface area contributed by atoms with E-state index >= 15 is 0 Å². The maximum atomic E-state index is 12.5. The molecule has 0 saturated carbocycles. The zero-order chi connectivity index (χ0) is 31.3. The highest BCUT2D eigenvalue weighted by atomic mass is 32.2. The zero-order valence-electron chi connectivity index (χ0n) is 27.2. The largest absolute Gasteiger partial charge is 0.391 e. The maximum absolute atomic E-state index is 12.5. The van der Waals surface area contributed by atoms with Crippen molar-refractivity contribution in [1.82, 2.24) is 5.32 Å². The van der Waals surface area contributed by atoms with Gasteiger partial charge in [0.25, 0.3) is 10.1 Å². The van der Waals surface area contributed by atoms with Gasteiger partial charge in [-0.25, -0.2) is 0 Å². The first-order valence-electron chi connectivity index (χ1n) is 17.5. The van der Waals surface area contributed by atoms with Crippen LogP contribution in [-0.2, 0) is 14.9 Å². The Kier molecular flexibility index (Phi) is 28.1. The Labute approximate surface area is 259 Å². The lowest BCUT2D eigenvalue weighted by molar-refractivity contribution is -0.131. The fourth-order valence-electron chi connectivity index (χ4n) is 5.34. The second-order valence-corrected chi connectivity index (χ2v) is 13.8. The molecule has 3 atom stereocenters. The van der Waals surface area contributed by atoms with Gasteiger partial charge in [0.2, 0.25) is 5.91 Å². The molecule has 0 saturated heterocycles. The summed E-state index contributed by atoms with van der Waals surface area (Å²) in [5, 5.41) is 23.3. The van der Waals surface area contributed by atoms with Crippen molar-refractivity contribution in [2.75, 3.05) is 5.75 Å². The molecule has 42 heavy (non-hydrogen) atoms. The van der Waals surface area contributed by atoms with Crippen LogP contribution < -0.4 is 5.32 Å². The Morgan fingerprint density at radius 3 is 1.43 bits per heavy atom. The number of nitrogens with one attached hydrogen (secondary N) is 1. The third-order valence-corrected chi connectivity index (χ3v) is 8.86. The zero-order valence-corrected chi connectivity index (χ0v) is 28.1. The van der Waals surface area contributed by atoms with Crippen LogP contribution in [0, 0.1) is 0 Å². The normalized spacial score (nSPS) is 14.3. The van der Waals surface area contributed by atoms with Crippen LogP contribution in [0.2, 0.25) is 0 Å². The van der Waals surface area contributed by atoms with Gasteiger partial charge in [-0.05, 0) is 38.5 Å². The number of hydrogen-bond donors (Lipinski definition) is 4. The van der Waals surface area contributed by atoms with E-state index in [2.05, 4.69) is 31.3 Å². The van der Waals surface area contributed by atoms with Gasteiger partial charge in [0, 0.05) is 0 Å². The van der Waals surface area contributed by atoms with Crippen molar-refractivity contribution in [3.8, 4) is 0 Å². The molecule has 0 fully saturated rings. The first-order valence-corrected chi connectivity index (χ1v) is 19.1. The van der Waals surface area contributed by atoms with Gasteiger partial charge in [0.1, 0.15) is 6.10 Å². The van der Waals surface area contributed by atoms with Gasteiger partial charge in [-0.1, -0.05) is 148 Å². The summed E-state index contributed by atoms with van der Waals surface area (Å²) in [5.41, 5.74) is 0. The van der Waals surface area contributed by atoms with E-state index in [0.717, 1.165) is 51.4 Å². The van der Waals surface area contributed by atoms with Crippen LogP contribution in [0.1, 0.15) is 174 Å². The Morgan fingerprint density at radius 1 is 0.619 bits per heavy atom. The highest BCUT2D eigenvalue weighted by molar-refractivity contribution is 7.85. The summed E-state index contributed by atoms with van der Waals surface area (Å²) in [5.74, 6) is -1.46. The summed E-state index contributed by atoms with van der Waals surface area (Å²) >= 11 is 0. The lowest BCUT2D eigenvalue weighted by Gasteiger charge is -2.24. The molecule has 1 amide bonds. The minimum Gasteiger partial charge on any atom is -0.391 e. The van der Waals surface area contributed by atoms with Crippen LogP contribution in [0.3, 0.4) is 0 Å². The highest BCUT2D eigenvalue weighted by Crippen LogP contribution is 2.14. The maximum Gasteiger partial charge on any atom is 0.266 e. The Hall–Kier alpha value is -0.960. The molecule has 0 aromatic heterocycles. The van der Waals surface area contributed by atoms with Gasteiger partial charge in [0.05, 0.1) is 17.9 Å². The number of aliphatic hydroxyl groups excluding tert-OH is 2. The third kappa shape index (κ3) is 27.8. The number of carbonyl (C=O) groups excluding carboxylic acids is 1. The number of aliphatic hydroxyl groups is 2. The minimum absolute atomic E-state index is 0.285. The van der Waals surface area contributed by atoms with Crippen LogP contribution in [0.4, 0.5) is 0 Å². The van der Waals surface area contributed by atoms with E-state index in [1.165, 1.54) is 83.5 Å². The highest BCUT2D eigenvalue weighted by Gasteiger charge is 2.28. The van der Waals surface area contributed by atoms with Gasteiger partial charge < -0.3 is 15.5 Å². The summed E-state index contributed by atoms with van der Waals surface area (Å²) in [4.78, 5) is 12.5. The number of unbranched alkanes of at least 4 members (excludes halogenated alkanes) is 20. The fourth-order valence-corrected chi connectivity index (χ4v) is 6.10. The smallest absolute Gasteiger partial charge is 0.266 e. The van der Waals surface area contributed by atoms with Crippen LogP contribution in [0.15, 0.2) is 12.2 Å². The van der Waals surface area contributed by atoms with Crippen molar-refractivity contribution in [2.24, 2.45) is 0 Å². The SMILES string of the molecule is CCCCCCCCCCC/C=C\CCCCCCC(O)C(=O)NC(CS(=O)(=O)O)C(O)CCCCCCCCCC. The molecular formula is C34H67NO6S. The average molecular weight is 618 g/mol. The van der Waals surface area contributed by atoms with E-state index in [0.29, 0.717) is 19.3 Å². The Balaban J connectivity index is 4.02. The van der Waals surface area contributed by atoms with Gasteiger partial charge in [-0.2, -0.15) is 8.42 Å². The fraction of sp³-hybridized carbons (Fsp3) is 0.912. The first-order chi connectivity index (χ1) is 20.2. The van der Waals surface area contributed by atoms with Crippen LogP contribution in [0.5, 0.6) is 0 Å². The molecule has 0 heterocycles. The van der Waals surface area contributed by atoms with E-state index in [4.69, 9.17) is 0 Å². The predicted octanol–water partition coefficient (Wildman–Crippen LogP) is 8.43. The Morgan fingerprint density at radius 2 is 1.00 bits per heavy atom. The quantitative estimate of drug-likeness (QED) is 0.0352. The second kappa shape index (κ2) is 28.8. The first kappa shape index (κ1) is 41.0. The summed E-state index contributed by atoms with van der Waals surface area (Å²) in [6.45, 7) is 4.44. The standard InChI is InChI=1S/C34H67NO6S/c1-3-5-7-9-11-13-14-15-16-17-18-19-20-21-23-25-27-29-33(37)34(38)35-31(30-42(39,40)41)32(36)28-26-24-22-12-10-8-6-4-2/h18-19,31-33,36-37H,3-17,20-30H2,1-2H3,(H,35,38)(H,39,40,41)/b19-18-. The number of amides is 1. The molecule has 0 aliphatic carbocycles. The molecule has 250 valence electrons. The number of hydrogen-bond acceptors (Lipinski definition) is 5. The number of rotatable bonds is 31. The van der Waals surface area contributed by atoms with Crippen molar-refractivity contribution in [1.29, 1.82) is 0 Å².